The highest BCUT2D eigenvalue weighted by Crippen LogP contribution is 2.34. The van der Waals surface area contributed by atoms with E-state index in [1.807, 2.05) is 5.43 Å². The number of aliphatic carboxylic acids is 1. The first kappa shape index (κ1) is 14.6. The summed E-state index contributed by atoms with van der Waals surface area (Å²) in [5.74, 6) is 2.07. The van der Waals surface area contributed by atoms with Crippen LogP contribution in [0, 0.1) is 11.6 Å². The van der Waals surface area contributed by atoms with Crippen molar-refractivity contribution in [1.82, 2.24) is 5.43 Å². The van der Waals surface area contributed by atoms with E-state index in [-0.39, 0.29) is 16.0 Å². The summed E-state index contributed by atoms with van der Waals surface area (Å²) in [6.07, 6.45) is 0.991. The third kappa shape index (κ3) is 2.86. The summed E-state index contributed by atoms with van der Waals surface area (Å²) in [6, 6.07) is 2.34. The van der Waals surface area contributed by atoms with Gasteiger partial charge in [-0.25, -0.2) is 13.6 Å². The molecular formula is C12H13F2N3O2S. The van der Waals surface area contributed by atoms with Crippen LogP contribution in [0.5, 0.6) is 0 Å². The van der Waals surface area contributed by atoms with Crippen LogP contribution in [0.15, 0.2) is 22.9 Å². The quantitative estimate of drug-likeness (QED) is 0.373. The number of benzene rings is 1. The van der Waals surface area contributed by atoms with Crippen molar-refractivity contribution in [3.05, 3.63) is 45.6 Å². The fourth-order valence-electron chi connectivity index (χ4n) is 2.13. The van der Waals surface area contributed by atoms with Gasteiger partial charge >= 0.3 is 5.97 Å². The molecule has 8 heteroatoms. The summed E-state index contributed by atoms with van der Waals surface area (Å²) in [4.78, 5) is 10.9. The zero-order valence-electron chi connectivity index (χ0n) is 10.3. The number of halogens is 2. The average molecular weight is 301 g/mol. The smallest absolute Gasteiger partial charge is 0.356 e. The van der Waals surface area contributed by atoms with Crippen LogP contribution in [0.2, 0.25) is 0 Å². The first-order valence-corrected chi connectivity index (χ1v) is 6.63. The van der Waals surface area contributed by atoms with Crippen LogP contribution in [0.1, 0.15) is 11.1 Å². The minimum Gasteiger partial charge on any atom is -0.476 e. The van der Waals surface area contributed by atoms with Gasteiger partial charge in [0.25, 0.3) is 0 Å². The maximum absolute atomic E-state index is 13.1. The first-order chi connectivity index (χ1) is 9.42. The van der Waals surface area contributed by atoms with Crippen LogP contribution in [0.3, 0.4) is 0 Å². The van der Waals surface area contributed by atoms with E-state index in [4.69, 9.17) is 16.7 Å². The lowest BCUT2D eigenvalue weighted by Crippen LogP contribution is -2.30. The molecule has 1 aromatic rings. The molecule has 1 aliphatic carbocycles. The van der Waals surface area contributed by atoms with Crippen LogP contribution in [0.4, 0.5) is 8.78 Å². The molecule has 0 fully saturated rings. The van der Waals surface area contributed by atoms with Crippen LogP contribution in [-0.4, -0.2) is 16.3 Å². The minimum absolute atomic E-state index is 0.0405. The Balaban J connectivity index is 2.14. The van der Waals surface area contributed by atoms with E-state index in [2.05, 4.69) is 0 Å². The van der Waals surface area contributed by atoms with Gasteiger partial charge in [-0.05, 0) is 36.1 Å². The Morgan fingerprint density at radius 2 is 1.80 bits per heavy atom. The van der Waals surface area contributed by atoms with E-state index in [9.17, 15) is 13.6 Å². The standard InChI is InChI=1S/C12H13F2N3O2S/c13-8-3-5-1-7(2-6(5)4-9(8)14)20-11(15)10(17-16)12(18)19/h3-4,7,17H,1-2,15-16H2,(H,18,19)/b11-10+. The number of thioether (sulfide) groups is 1. The maximum atomic E-state index is 13.1. The van der Waals surface area contributed by atoms with Gasteiger partial charge in [-0.2, -0.15) is 0 Å². The van der Waals surface area contributed by atoms with Crippen LogP contribution < -0.4 is 17.0 Å². The van der Waals surface area contributed by atoms with Crippen molar-refractivity contribution in [3.63, 3.8) is 0 Å². The monoisotopic (exact) mass is 301 g/mol. The summed E-state index contributed by atoms with van der Waals surface area (Å²) in [7, 11) is 0. The highest BCUT2D eigenvalue weighted by Gasteiger charge is 2.26. The van der Waals surface area contributed by atoms with E-state index < -0.39 is 17.6 Å². The van der Waals surface area contributed by atoms with Gasteiger partial charge in [0.1, 0.15) is 0 Å². The Kier molecular flexibility index (Phi) is 4.15. The van der Waals surface area contributed by atoms with Gasteiger partial charge < -0.3 is 16.3 Å². The van der Waals surface area contributed by atoms with E-state index in [1.165, 1.54) is 12.1 Å². The molecule has 5 nitrogen and oxygen atoms in total. The summed E-state index contributed by atoms with van der Waals surface area (Å²) in [6.45, 7) is 0. The van der Waals surface area contributed by atoms with Crippen molar-refractivity contribution in [3.8, 4) is 0 Å². The van der Waals surface area contributed by atoms with Gasteiger partial charge in [0.2, 0.25) is 0 Å². The second kappa shape index (κ2) is 5.68. The second-order valence-corrected chi connectivity index (χ2v) is 5.71. The molecule has 0 amide bonds. The fraction of sp³-hybridized carbons (Fsp3) is 0.250. The Morgan fingerprint density at radius 1 is 1.30 bits per heavy atom. The Labute approximate surface area is 118 Å². The molecule has 108 valence electrons. The topological polar surface area (TPSA) is 101 Å². The van der Waals surface area contributed by atoms with Crippen molar-refractivity contribution in [1.29, 1.82) is 0 Å². The molecule has 0 atom stereocenters. The second-order valence-electron chi connectivity index (χ2n) is 4.37. The van der Waals surface area contributed by atoms with Crippen LogP contribution >= 0.6 is 11.8 Å². The number of hydrogen-bond acceptors (Lipinski definition) is 5. The number of rotatable bonds is 4. The van der Waals surface area contributed by atoms with Crippen molar-refractivity contribution in [2.45, 2.75) is 18.1 Å². The molecule has 0 bridgehead atoms. The third-order valence-electron chi connectivity index (χ3n) is 3.04. The number of nitrogens with one attached hydrogen (secondary N) is 1. The summed E-state index contributed by atoms with van der Waals surface area (Å²) >= 11 is 1.13. The molecule has 0 radical (unpaired) electrons. The first-order valence-electron chi connectivity index (χ1n) is 5.75. The lowest BCUT2D eigenvalue weighted by molar-refractivity contribution is -0.133. The van der Waals surface area contributed by atoms with Gasteiger partial charge in [0.15, 0.2) is 17.3 Å². The normalized spacial score (nSPS) is 15.8. The lowest BCUT2D eigenvalue weighted by atomic mass is 10.1. The third-order valence-corrected chi connectivity index (χ3v) is 4.16. The highest BCUT2D eigenvalue weighted by atomic mass is 32.2. The maximum Gasteiger partial charge on any atom is 0.356 e. The summed E-state index contributed by atoms with van der Waals surface area (Å²) in [5, 5.41) is 8.84. The number of carboxylic acid groups (broad SMARTS) is 1. The molecule has 0 unspecified atom stereocenters. The van der Waals surface area contributed by atoms with E-state index >= 15 is 0 Å². The number of hydrogen-bond donors (Lipinski definition) is 4. The summed E-state index contributed by atoms with van der Waals surface area (Å²) in [5.41, 5.74) is 8.84. The Hall–Kier alpha value is -1.80. The average Bonchev–Trinajstić information content (AvgIpc) is 2.71. The highest BCUT2D eigenvalue weighted by molar-refractivity contribution is 8.03. The van der Waals surface area contributed by atoms with Gasteiger partial charge in [-0.3, -0.25) is 5.84 Å². The molecule has 0 saturated heterocycles. The SMILES string of the molecule is NN/C(C(=O)O)=C(\N)SC1Cc2cc(F)c(F)cc2C1. The number of hydrazine groups is 1. The molecule has 1 aliphatic rings. The van der Waals surface area contributed by atoms with Gasteiger partial charge in [0, 0.05) is 5.25 Å². The number of carbonyl (C=O) groups is 1. The number of nitrogens with two attached hydrogens (primary N) is 2. The molecule has 20 heavy (non-hydrogen) atoms. The molecule has 0 aromatic heterocycles. The number of carboxylic acids is 1. The zero-order valence-corrected chi connectivity index (χ0v) is 11.1. The van der Waals surface area contributed by atoms with Gasteiger partial charge in [-0.1, -0.05) is 0 Å². The van der Waals surface area contributed by atoms with Crippen molar-refractivity contribution >= 4 is 17.7 Å². The molecule has 0 heterocycles. The largest absolute Gasteiger partial charge is 0.476 e. The molecule has 6 N–H and O–H groups in total. The van der Waals surface area contributed by atoms with Crippen LogP contribution in [0.25, 0.3) is 0 Å². The Bertz CT molecular complexity index is 561. The van der Waals surface area contributed by atoms with Crippen molar-refractivity contribution in [2.24, 2.45) is 11.6 Å². The number of fused-ring (bicyclic) bond motifs is 1. The van der Waals surface area contributed by atoms with Crippen LogP contribution in [-0.2, 0) is 17.6 Å². The van der Waals surface area contributed by atoms with Crippen molar-refractivity contribution < 1.29 is 18.7 Å². The minimum atomic E-state index is -1.26. The van der Waals surface area contributed by atoms with Crippen molar-refractivity contribution in [2.75, 3.05) is 0 Å². The molecule has 0 aliphatic heterocycles. The molecule has 0 saturated carbocycles. The summed E-state index contributed by atoms with van der Waals surface area (Å²) < 4.78 is 26.3. The van der Waals surface area contributed by atoms with Gasteiger partial charge in [-0.15, -0.1) is 11.8 Å². The van der Waals surface area contributed by atoms with E-state index in [0.29, 0.717) is 24.0 Å². The predicted molar refractivity (Wildman–Crippen MR) is 71.3 cm³/mol. The van der Waals surface area contributed by atoms with E-state index in [0.717, 1.165) is 11.8 Å². The molecule has 1 aromatic carbocycles. The lowest BCUT2D eigenvalue weighted by Gasteiger charge is -2.11. The molecule has 2 rings (SSSR count). The van der Waals surface area contributed by atoms with Gasteiger partial charge in [0.05, 0.1) is 5.03 Å². The molecule has 0 spiro atoms. The molecular weight excluding hydrogens is 288 g/mol. The van der Waals surface area contributed by atoms with E-state index in [1.54, 1.807) is 0 Å². The zero-order chi connectivity index (χ0) is 14.9. The Morgan fingerprint density at radius 3 is 2.20 bits per heavy atom. The predicted octanol–water partition coefficient (Wildman–Crippen LogP) is 0.841. The fourth-order valence-corrected chi connectivity index (χ4v) is 3.28.